The third-order valence-corrected chi connectivity index (χ3v) is 3.17. The van der Waals surface area contributed by atoms with Crippen molar-refractivity contribution in [2.45, 2.75) is 6.42 Å². The summed E-state index contributed by atoms with van der Waals surface area (Å²) in [5, 5.41) is 15.4. The smallest absolute Gasteiger partial charge is 0.319 e. The standard InChI is InChI=1S/C16H17ClN2O3/c17-12-6-1-4-9-15(12)22-11-5-10-18-16(21)19-13-7-2-3-8-14(13)20/h1-4,6-9,20H,5,10-11H2,(H2,18,19,21). The third kappa shape index (κ3) is 4.86. The Morgan fingerprint density at radius 3 is 2.64 bits per heavy atom. The highest BCUT2D eigenvalue weighted by molar-refractivity contribution is 6.32. The summed E-state index contributed by atoms with van der Waals surface area (Å²) < 4.78 is 5.51. The molecule has 0 aliphatic carbocycles. The summed E-state index contributed by atoms with van der Waals surface area (Å²) >= 11 is 5.96. The number of aromatic hydroxyl groups is 1. The van der Waals surface area contributed by atoms with Gasteiger partial charge < -0.3 is 20.5 Å². The van der Waals surface area contributed by atoms with Gasteiger partial charge in [0, 0.05) is 6.54 Å². The highest BCUT2D eigenvalue weighted by Gasteiger charge is 2.04. The predicted octanol–water partition coefficient (Wildman–Crippen LogP) is 3.64. The van der Waals surface area contributed by atoms with Crippen LogP contribution >= 0.6 is 11.6 Å². The topological polar surface area (TPSA) is 70.6 Å². The Morgan fingerprint density at radius 1 is 1.14 bits per heavy atom. The lowest BCUT2D eigenvalue weighted by Crippen LogP contribution is -2.30. The number of hydrogen-bond donors (Lipinski definition) is 3. The average Bonchev–Trinajstić information content (AvgIpc) is 2.51. The molecule has 0 unspecified atom stereocenters. The fraction of sp³-hybridized carbons (Fsp3) is 0.188. The van der Waals surface area contributed by atoms with Gasteiger partial charge in [-0.05, 0) is 30.7 Å². The number of nitrogens with one attached hydrogen (secondary N) is 2. The van der Waals surface area contributed by atoms with Crippen LogP contribution in [0.25, 0.3) is 0 Å². The number of phenols is 1. The summed E-state index contributed by atoms with van der Waals surface area (Å²) in [6.07, 6.45) is 0.638. The molecule has 3 N–H and O–H groups in total. The molecule has 6 heteroatoms. The first-order chi connectivity index (χ1) is 10.7. The van der Waals surface area contributed by atoms with Gasteiger partial charge in [-0.25, -0.2) is 4.79 Å². The van der Waals surface area contributed by atoms with Crippen LogP contribution in [0.5, 0.6) is 11.5 Å². The molecule has 2 rings (SSSR count). The van der Waals surface area contributed by atoms with Gasteiger partial charge in [-0.15, -0.1) is 0 Å². The Bertz CT molecular complexity index is 634. The number of benzene rings is 2. The zero-order valence-corrected chi connectivity index (χ0v) is 12.6. The van der Waals surface area contributed by atoms with Gasteiger partial charge in [0.1, 0.15) is 11.5 Å². The summed E-state index contributed by atoms with van der Waals surface area (Å²) in [7, 11) is 0. The largest absolute Gasteiger partial charge is 0.506 e. The molecule has 0 bridgehead atoms. The van der Waals surface area contributed by atoms with Gasteiger partial charge in [0.15, 0.2) is 0 Å². The van der Waals surface area contributed by atoms with E-state index in [9.17, 15) is 9.90 Å². The van der Waals surface area contributed by atoms with E-state index >= 15 is 0 Å². The van der Waals surface area contributed by atoms with Gasteiger partial charge in [-0.1, -0.05) is 35.9 Å². The zero-order chi connectivity index (χ0) is 15.8. The normalized spacial score (nSPS) is 10.0. The van der Waals surface area contributed by atoms with Crippen LogP contribution in [0.3, 0.4) is 0 Å². The molecular weight excluding hydrogens is 304 g/mol. The van der Waals surface area contributed by atoms with E-state index < -0.39 is 0 Å². The van der Waals surface area contributed by atoms with Crippen molar-refractivity contribution >= 4 is 23.3 Å². The fourth-order valence-electron chi connectivity index (χ4n) is 1.76. The highest BCUT2D eigenvalue weighted by Crippen LogP contribution is 2.23. The Balaban J connectivity index is 1.65. The molecule has 0 radical (unpaired) electrons. The van der Waals surface area contributed by atoms with E-state index in [1.54, 1.807) is 30.3 Å². The average molecular weight is 321 g/mol. The maximum absolute atomic E-state index is 11.7. The first kappa shape index (κ1) is 16.0. The van der Waals surface area contributed by atoms with E-state index in [2.05, 4.69) is 10.6 Å². The van der Waals surface area contributed by atoms with Crippen LogP contribution in [-0.2, 0) is 0 Å². The summed E-state index contributed by atoms with van der Waals surface area (Å²) in [5.41, 5.74) is 0.368. The van der Waals surface area contributed by atoms with Crippen LogP contribution in [0.1, 0.15) is 6.42 Å². The SMILES string of the molecule is O=C(NCCCOc1ccccc1Cl)Nc1ccccc1O. The molecule has 116 valence electrons. The molecule has 0 aliphatic rings. The first-order valence-electron chi connectivity index (χ1n) is 6.87. The van der Waals surface area contributed by atoms with Crippen LogP contribution in [0, 0.1) is 0 Å². The van der Waals surface area contributed by atoms with Crippen LogP contribution in [-0.4, -0.2) is 24.3 Å². The Hall–Kier alpha value is -2.40. The Kier molecular flexibility index (Phi) is 5.91. The van der Waals surface area contributed by atoms with E-state index in [4.69, 9.17) is 16.3 Å². The molecule has 0 fully saturated rings. The molecule has 0 saturated heterocycles. The van der Waals surface area contributed by atoms with Crippen molar-refractivity contribution in [2.24, 2.45) is 0 Å². The first-order valence-corrected chi connectivity index (χ1v) is 7.25. The highest BCUT2D eigenvalue weighted by atomic mass is 35.5. The van der Waals surface area contributed by atoms with E-state index in [0.29, 0.717) is 36.0 Å². The van der Waals surface area contributed by atoms with Crippen molar-refractivity contribution in [1.29, 1.82) is 0 Å². The fourth-order valence-corrected chi connectivity index (χ4v) is 1.95. The summed E-state index contributed by atoms with van der Waals surface area (Å²) in [4.78, 5) is 11.7. The molecule has 0 heterocycles. The number of urea groups is 1. The van der Waals surface area contributed by atoms with Gasteiger partial charge in [-0.2, -0.15) is 0 Å². The quantitative estimate of drug-likeness (QED) is 0.562. The summed E-state index contributed by atoms with van der Waals surface area (Å²) in [6, 6.07) is 13.4. The number of para-hydroxylation sites is 3. The van der Waals surface area contributed by atoms with Crippen molar-refractivity contribution < 1.29 is 14.6 Å². The van der Waals surface area contributed by atoms with Crippen molar-refractivity contribution in [3.63, 3.8) is 0 Å². The number of amides is 2. The van der Waals surface area contributed by atoms with E-state index in [0.717, 1.165) is 0 Å². The van der Waals surface area contributed by atoms with E-state index in [-0.39, 0.29) is 11.8 Å². The number of phenolic OH excluding ortho intramolecular Hbond substituents is 1. The minimum Gasteiger partial charge on any atom is -0.506 e. The van der Waals surface area contributed by atoms with Crippen molar-refractivity contribution in [3.05, 3.63) is 53.6 Å². The number of hydrogen-bond acceptors (Lipinski definition) is 3. The van der Waals surface area contributed by atoms with Gasteiger partial charge in [-0.3, -0.25) is 0 Å². The molecule has 0 aromatic heterocycles. The van der Waals surface area contributed by atoms with E-state index in [1.807, 2.05) is 12.1 Å². The van der Waals surface area contributed by atoms with Crippen LogP contribution in [0.2, 0.25) is 5.02 Å². The molecule has 2 aromatic rings. The van der Waals surface area contributed by atoms with Gasteiger partial charge in [0.2, 0.25) is 0 Å². The summed E-state index contributed by atoms with van der Waals surface area (Å²) in [6.45, 7) is 0.893. The second-order valence-electron chi connectivity index (χ2n) is 4.53. The van der Waals surface area contributed by atoms with Crippen LogP contribution < -0.4 is 15.4 Å². The lowest BCUT2D eigenvalue weighted by Gasteiger charge is -2.10. The molecule has 22 heavy (non-hydrogen) atoms. The second-order valence-corrected chi connectivity index (χ2v) is 4.94. The molecular formula is C16H17ClN2O3. The molecule has 2 aromatic carbocycles. The molecule has 0 saturated carbocycles. The van der Waals surface area contributed by atoms with E-state index in [1.165, 1.54) is 6.07 Å². The summed E-state index contributed by atoms with van der Waals surface area (Å²) in [5.74, 6) is 0.655. The molecule has 2 amide bonds. The van der Waals surface area contributed by atoms with Crippen molar-refractivity contribution in [2.75, 3.05) is 18.5 Å². The van der Waals surface area contributed by atoms with Gasteiger partial charge in [0.25, 0.3) is 0 Å². The Labute approximate surface area is 133 Å². The number of anilines is 1. The second kappa shape index (κ2) is 8.14. The van der Waals surface area contributed by atoms with Gasteiger partial charge in [0.05, 0.1) is 17.3 Å². The third-order valence-electron chi connectivity index (χ3n) is 2.85. The minimum atomic E-state index is -0.376. The lowest BCUT2D eigenvalue weighted by molar-refractivity contribution is 0.250. The molecule has 0 atom stereocenters. The zero-order valence-electron chi connectivity index (χ0n) is 11.9. The number of halogens is 1. The molecule has 0 aliphatic heterocycles. The number of ether oxygens (including phenoxy) is 1. The minimum absolute atomic E-state index is 0.0275. The van der Waals surface area contributed by atoms with Crippen molar-refractivity contribution in [1.82, 2.24) is 5.32 Å². The van der Waals surface area contributed by atoms with Crippen LogP contribution in [0.15, 0.2) is 48.5 Å². The lowest BCUT2D eigenvalue weighted by atomic mass is 10.3. The number of rotatable bonds is 6. The van der Waals surface area contributed by atoms with Crippen molar-refractivity contribution in [3.8, 4) is 11.5 Å². The van der Waals surface area contributed by atoms with Crippen LogP contribution in [0.4, 0.5) is 10.5 Å². The Morgan fingerprint density at radius 2 is 1.86 bits per heavy atom. The van der Waals surface area contributed by atoms with Gasteiger partial charge >= 0.3 is 6.03 Å². The number of carbonyl (C=O) groups is 1. The number of carbonyl (C=O) groups excluding carboxylic acids is 1. The molecule has 0 spiro atoms. The predicted molar refractivity (Wildman–Crippen MR) is 86.7 cm³/mol. The monoisotopic (exact) mass is 320 g/mol. The maximum atomic E-state index is 11.7. The molecule has 5 nitrogen and oxygen atoms in total. The maximum Gasteiger partial charge on any atom is 0.319 e.